The Hall–Kier alpha value is -1.59. The van der Waals surface area contributed by atoms with Gasteiger partial charge in [0.25, 0.3) is 0 Å². The fraction of sp³-hybridized carbons (Fsp3) is 0.462. The van der Waals surface area contributed by atoms with E-state index in [1.807, 2.05) is 18.2 Å². The maximum atomic E-state index is 11.2. The monoisotopic (exact) mass is 251 g/mol. The molecule has 1 aliphatic rings. The molecule has 1 atom stereocenters. The minimum Gasteiger partial charge on any atom is -0.493 e. The Kier molecular flexibility index (Phi) is 4.17. The van der Waals surface area contributed by atoms with Crippen LogP contribution in [-0.2, 0) is 16.0 Å². The van der Waals surface area contributed by atoms with Crippen molar-refractivity contribution in [2.75, 3.05) is 26.9 Å². The van der Waals surface area contributed by atoms with Gasteiger partial charge in [0.15, 0.2) is 0 Å². The van der Waals surface area contributed by atoms with Crippen LogP contribution in [0.1, 0.15) is 17.2 Å². The van der Waals surface area contributed by atoms with Gasteiger partial charge in [-0.25, -0.2) is 0 Å². The molecule has 0 aliphatic carbocycles. The molecule has 5 nitrogen and oxygen atoms in total. The highest BCUT2D eigenvalue weighted by molar-refractivity contribution is 5.77. The van der Waals surface area contributed by atoms with Crippen LogP contribution in [0.5, 0.6) is 5.75 Å². The molecule has 1 aromatic carbocycles. The van der Waals surface area contributed by atoms with Gasteiger partial charge in [0, 0.05) is 20.1 Å². The summed E-state index contributed by atoms with van der Waals surface area (Å²) in [7, 11) is 1.45. The van der Waals surface area contributed by atoms with E-state index in [9.17, 15) is 9.90 Å². The maximum absolute atomic E-state index is 11.2. The van der Waals surface area contributed by atoms with Crippen LogP contribution in [0.15, 0.2) is 18.2 Å². The molecule has 0 fully saturated rings. The molecule has 0 aromatic heterocycles. The van der Waals surface area contributed by atoms with Gasteiger partial charge < -0.3 is 19.9 Å². The smallest absolute Gasteiger partial charge is 0.246 e. The molecule has 0 spiro atoms. The van der Waals surface area contributed by atoms with Gasteiger partial charge >= 0.3 is 0 Å². The lowest BCUT2D eigenvalue weighted by Gasteiger charge is -2.13. The number of nitrogens with one attached hydrogen (secondary N) is 1. The van der Waals surface area contributed by atoms with E-state index in [-0.39, 0.29) is 19.1 Å². The Morgan fingerprint density at radius 2 is 2.44 bits per heavy atom. The molecule has 0 saturated carbocycles. The highest BCUT2D eigenvalue weighted by Gasteiger charge is 2.15. The second kappa shape index (κ2) is 5.84. The topological polar surface area (TPSA) is 67.8 Å². The lowest BCUT2D eigenvalue weighted by Crippen LogP contribution is -2.31. The molecule has 1 heterocycles. The van der Waals surface area contributed by atoms with E-state index in [2.05, 4.69) is 5.32 Å². The summed E-state index contributed by atoms with van der Waals surface area (Å²) in [6.07, 6.45) is 0.156. The lowest BCUT2D eigenvalue weighted by atomic mass is 10.0. The van der Waals surface area contributed by atoms with Crippen molar-refractivity contribution < 1.29 is 19.4 Å². The van der Waals surface area contributed by atoms with E-state index < -0.39 is 6.10 Å². The van der Waals surface area contributed by atoms with Crippen molar-refractivity contribution in [3.8, 4) is 5.75 Å². The predicted octanol–water partition coefficient (Wildman–Crippen LogP) is 0.418. The quantitative estimate of drug-likeness (QED) is 0.795. The number of hydrogen-bond acceptors (Lipinski definition) is 4. The Morgan fingerprint density at radius 1 is 1.61 bits per heavy atom. The number of aliphatic hydroxyl groups excluding tert-OH is 1. The normalized spacial score (nSPS) is 14.8. The molecule has 0 radical (unpaired) electrons. The van der Waals surface area contributed by atoms with Gasteiger partial charge in [-0.05, 0) is 23.3 Å². The van der Waals surface area contributed by atoms with E-state index >= 15 is 0 Å². The molecule has 1 amide bonds. The average Bonchev–Trinajstić information content (AvgIpc) is 2.83. The van der Waals surface area contributed by atoms with Gasteiger partial charge in [-0.15, -0.1) is 0 Å². The summed E-state index contributed by atoms with van der Waals surface area (Å²) < 4.78 is 10.1. The zero-order valence-electron chi connectivity index (χ0n) is 10.3. The number of rotatable bonds is 5. The number of benzene rings is 1. The van der Waals surface area contributed by atoms with Crippen molar-refractivity contribution in [3.05, 3.63) is 29.3 Å². The zero-order valence-corrected chi connectivity index (χ0v) is 10.3. The SMILES string of the molecule is COCC(=O)NCC(O)c1ccc2c(c1)CCO2. The molecular weight excluding hydrogens is 234 g/mol. The van der Waals surface area contributed by atoms with E-state index in [4.69, 9.17) is 9.47 Å². The van der Waals surface area contributed by atoms with Crippen molar-refractivity contribution in [1.82, 2.24) is 5.32 Å². The summed E-state index contributed by atoms with van der Waals surface area (Å²) in [6.45, 7) is 0.881. The number of ether oxygens (including phenoxy) is 2. The summed E-state index contributed by atoms with van der Waals surface area (Å²) in [4.78, 5) is 11.2. The molecule has 2 rings (SSSR count). The van der Waals surface area contributed by atoms with Crippen LogP contribution >= 0.6 is 0 Å². The second-order valence-corrected chi connectivity index (χ2v) is 4.22. The van der Waals surface area contributed by atoms with Crippen LogP contribution < -0.4 is 10.1 Å². The standard InChI is InChI=1S/C13H17NO4/c1-17-8-13(16)14-7-11(15)9-2-3-12-10(6-9)4-5-18-12/h2-3,6,11,15H,4-5,7-8H2,1H3,(H,14,16). The van der Waals surface area contributed by atoms with Crippen LogP contribution in [0.3, 0.4) is 0 Å². The van der Waals surface area contributed by atoms with Crippen LogP contribution in [0, 0.1) is 0 Å². The maximum Gasteiger partial charge on any atom is 0.246 e. The number of fused-ring (bicyclic) bond motifs is 1. The third kappa shape index (κ3) is 3.00. The minimum absolute atomic E-state index is 0.00471. The van der Waals surface area contributed by atoms with Crippen LogP contribution in [0.4, 0.5) is 0 Å². The van der Waals surface area contributed by atoms with Gasteiger partial charge in [-0.2, -0.15) is 0 Å². The first-order valence-electron chi connectivity index (χ1n) is 5.90. The van der Waals surface area contributed by atoms with E-state index in [1.165, 1.54) is 7.11 Å². The molecule has 98 valence electrons. The first-order valence-corrected chi connectivity index (χ1v) is 5.90. The predicted molar refractivity (Wildman–Crippen MR) is 65.5 cm³/mol. The Balaban J connectivity index is 1.92. The highest BCUT2D eigenvalue weighted by atomic mass is 16.5. The highest BCUT2D eigenvalue weighted by Crippen LogP contribution is 2.27. The molecule has 1 aliphatic heterocycles. The molecule has 0 bridgehead atoms. The fourth-order valence-electron chi connectivity index (χ4n) is 1.92. The minimum atomic E-state index is -0.711. The number of amides is 1. The Morgan fingerprint density at radius 3 is 3.22 bits per heavy atom. The number of methoxy groups -OCH3 is 1. The molecule has 2 N–H and O–H groups in total. The van der Waals surface area contributed by atoms with Gasteiger partial charge in [0.05, 0.1) is 12.7 Å². The molecule has 0 saturated heterocycles. The van der Waals surface area contributed by atoms with Gasteiger partial charge in [-0.3, -0.25) is 4.79 Å². The summed E-state index contributed by atoms with van der Waals surface area (Å²) in [5, 5.41) is 12.6. The molecule has 18 heavy (non-hydrogen) atoms. The zero-order chi connectivity index (χ0) is 13.0. The largest absolute Gasteiger partial charge is 0.493 e. The summed E-state index contributed by atoms with van der Waals surface area (Å²) in [5.41, 5.74) is 1.90. The molecule has 1 unspecified atom stereocenters. The van der Waals surface area contributed by atoms with E-state index in [1.54, 1.807) is 0 Å². The summed E-state index contributed by atoms with van der Waals surface area (Å²) >= 11 is 0. The van der Waals surface area contributed by atoms with Crippen LogP contribution in [0.2, 0.25) is 0 Å². The number of hydrogen-bond donors (Lipinski definition) is 2. The Bertz CT molecular complexity index is 433. The number of carbonyl (C=O) groups is 1. The first-order chi connectivity index (χ1) is 8.70. The summed E-state index contributed by atoms with van der Waals surface area (Å²) in [6, 6.07) is 5.60. The third-order valence-corrected chi connectivity index (χ3v) is 2.87. The Labute approximate surface area is 106 Å². The van der Waals surface area contributed by atoms with E-state index in [0.29, 0.717) is 6.61 Å². The van der Waals surface area contributed by atoms with E-state index in [0.717, 1.165) is 23.3 Å². The van der Waals surface area contributed by atoms with Crippen molar-refractivity contribution in [1.29, 1.82) is 0 Å². The number of aliphatic hydroxyl groups is 1. The molecular formula is C13H17NO4. The average molecular weight is 251 g/mol. The fourth-order valence-corrected chi connectivity index (χ4v) is 1.92. The van der Waals surface area contributed by atoms with Crippen molar-refractivity contribution in [3.63, 3.8) is 0 Å². The first kappa shape index (κ1) is 12.9. The van der Waals surface area contributed by atoms with Crippen molar-refractivity contribution >= 4 is 5.91 Å². The van der Waals surface area contributed by atoms with Crippen LogP contribution in [-0.4, -0.2) is 37.9 Å². The second-order valence-electron chi connectivity index (χ2n) is 4.22. The van der Waals surface area contributed by atoms with Crippen molar-refractivity contribution in [2.24, 2.45) is 0 Å². The van der Waals surface area contributed by atoms with Crippen molar-refractivity contribution in [2.45, 2.75) is 12.5 Å². The molecule has 5 heteroatoms. The number of carbonyl (C=O) groups excluding carboxylic acids is 1. The van der Waals surface area contributed by atoms with Gasteiger partial charge in [-0.1, -0.05) is 6.07 Å². The lowest BCUT2D eigenvalue weighted by molar-refractivity contribution is -0.125. The van der Waals surface area contributed by atoms with Gasteiger partial charge in [0.2, 0.25) is 5.91 Å². The third-order valence-electron chi connectivity index (χ3n) is 2.87. The molecule has 1 aromatic rings. The van der Waals surface area contributed by atoms with Gasteiger partial charge in [0.1, 0.15) is 12.4 Å². The van der Waals surface area contributed by atoms with Crippen LogP contribution in [0.25, 0.3) is 0 Å². The summed E-state index contributed by atoms with van der Waals surface area (Å²) in [5.74, 6) is 0.649.